The van der Waals surface area contributed by atoms with Crippen molar-refractivity contribution < 1.29 is 22.4 Å². The smallest absolute Gasteiger partial charge is 0.269 e. The Hall–Kier alpha value is -1.29. The van der Waals surface area contributed by atoms with Gasteiger partial charge in [0.15, 0.2) is 0 Å². The lowest BCUT2D eigenvalue weighted by Crippen LogP contribution is -2.47. The van der Waals surface area contributed by atoms with Gasteiger partial charge in [-0.3, -0.25) is 24.4 Å². The van der Waals surface area contributed by atoms with Crippen molar-refractivity contribution >= 4 is 10.1 Å². The number of hydrogen-bond acceptors (Lipinski definition) is 7. The first-order chi connectivity index (χ1) is 11.2. The van der Waals surface area contributed by atoms with Crippen LogP contribution in [0.15, 0.2) is 0 Å². The molecule has 0 aliphatic heterocycles. The molecule has 0 heterocycles. The van der Waals surface area contributed by atoms with Gasteiger partial charge in [0.1, 0.15) is 5.92 Å². The number of hydrogen-bond donors (Lipinski definition) is 0. The van der Waals surface area contributed by atoms with E-state index in [0.717, 1.165) is 12.8 Å². The third kappa shape index (κ3) is 4.41. The molecule has 0 N–H and O–H groups in total. The van der Waals surface area contributed by atoms with Crippen LogP contribution in [0.4, 0.5) is 0 Å². The highest BCUT2D eigenvalue weighted by molar-refractivity contribution is 7.87. The van der Waals surface area contributed by atoms with Gasteiger partial charge >= 0.3 is 0 Å². The van der Waals surface area contributed by atoms with Gasteiger partial charge in [0.05, 0.1) is 11.9 Å². The third-order valence-electron chi connectivity index (χ3n) is 5.33. The van der Waals surface area contributed by atoms with Gasteiger partial charge in [0.25, 0.3) is 10.1 Å². The molecular formula is C14H24N2O7S. The van der Waals surface area contributed by atoms with E-state index in [4.69, 9.17) is 4.18 Å². The van der Waals surface area contributed by atoms with Crippen molar-refractivity contribution in [3.05, 3.63) is 20.2 Å². The van der Waals surface area contributed by atoms with Crippen LogP contribution in [-0.4, -0.2) is 42.2 Å². The highest BCUT2D eigenvalue weighted by Gasteiger charge is 2.48. The van der Waals surface area contributed by atoms with E-state index >= 15 is 0 Å². The molecule has 0 radical (unpaired) electrons. The maximum absolute atomic E-state index is 12.3. The van der Waals surface area contributed by atoms with Crippen LogP contribution in [0.25, 0.3) is 0 Å². The predicted octanol–water partition coefficient (Wildman–Crippen LogP) is 2.00. The normalized spacial score (nSPS) is 34.6. The molecule has 2 aliphatic rings. The summed E-state index contributed by atoms with van der Waals surface area (Å²) in [4.78, 5) is 21.3. The van der Waals surface area contributed by atoms with E-state index in [9.17, 15) is 28.6 Å². The minimum Gasteiger partial charge on any atom is -0.269 e. The standard InChI is InChI=1S/C14H24N2O7S/c1-10-5-7-11(8-6-10)24(21,22)23-9-12-13(15(17)18)3-2-4-14(12)16(19)20/h10-14H,2-9H2,1H3. The molecule has 0 amide bonds. The SMILES string of the molecule is CC1CCC(S(=O)(=O)OCC2C([N+](=O)[O-])CCCC2[N+](=O)[O-])CC1. The minimum absolute atomic E-state index is 0.215. The van der Waals surface area contributed by atoms with Crippen LogP contribution in [0, 0.1) is 32.1 Å². The summed E-state index contributed by atoms with van der Waals surface area (Å²) < 4.78 is 29.7. The van der Waals surface area contributed by atoms with Crippen molar-refractivity contribution in [1.29, 1.82) is 0 Å². The summed E-state index contributed by atoms with van der Waals surface area (Å²) >= 11 is 0. The van der Waals surface area contributed by atoms with Gasteiger partial charge in [0, 0.05) is 22.7 Å². The fourth-order valence-corrected chi connectivity index (χ4v) is 5.14. The summed E-state index contributed by atoms with van der Waals surface area (Å²) in [5, 5.41) is 21.7. The van der Waals surface area contributed by atoms with Gasteiger partial charge < -0.3 is 0 Å². The fourth-order valence-electron chi connectivity index (χ4n) is 3.75. The Morgan fingerprint density at radius 3 is 1.92 bits per heavy atom. The monoisotopic (exact) mass is 364 g/mol. The van der Waals surface area contributed by atoms with Gasteiger partial charge in [-0.05, 0) is 38.0 Å². The summed E-state index contributed by atoms with van der Waals surface area (Å²) in [7, 11) is -3.85. The first-order valence-corrected chi connectivity index (χ1v) is 9.84. The van der Waals surface area contributed by atoms with Crippen molar-refractivity contribution in [2.75, 3.05) is 6.61 Å². The van der Waals surface area contributed by atoms with Gasteiger partial charge in [-0.25, -0.2) is 0 Å². The van der Waals surface area contributed by atoms with Crippen molar-refractivity contribution in [2.24, 2.45) is 11.8 Å². The van der Waals surface area contributed by atoms with Crippen LogP contribution in [-0.2, 0) is 14.3 Å². The lowest BCUT2D eigenvalue weighted by molar-refractivity contribution is -0.584. The first kappa shape index (κ1) is 19.0. The highest BCUT2D eigenvalue weighted by Crippen LogP contribution is 2.32. The van der Waals surface area contributed by atoms with E-state index in [1.807, 2.05) is 0 Å². The summed E-state index contributed by atoms with van der Waals surface area (Å²) in [5.41, 5.74) is 0. The number of nitro groups is 2. The molecule has 2 atom stereocenters. The largest absolute Gasteiger partial charge is 0.270 e. The molecule has 2 rings (SSSR count). The van der Waals surface area contributed by atoms with Gasteiger partial charge in [-0.2, -0.15) is 8.42 Å². The predicted molar refractivity (Wildman–Crippen MR) is 85.2 cm³/mol. The quantitative estimate of drug-likeness (QED) is 0.400. The lowest BCUT2D eigenvalue weighted by Gasteiger charge is -2.29. The summed E-state index contributed by atoms with van der Waals surface area (Å²) in [5.74, 6) is -0.534. The zero-order valence-electron chi connectivity index (χ0n) is 13.7. The molecule has 0 bridgehead atoms. The van der Waals surface area contributed by atoms with E-state index in [0.29, 0.717) is 25.2 Å². The topological polar surface area (TPSA) is 130 Å². The average Bonchev–Trinajstić information content (AvgIpc) is 2.52. The Kier molecular flexibility index (Phi) is 6.13. The Morgan fingerprint density at radius 2 is 1.46 bits per heavy atom. The second-order valence-electron chi connectivity index (χ2n) is 6.96. The van der Waals surface area contributed by atoms with Crippen molar-refractivity contribution in [2.45, 2.75) is 69.2 Å². The van der Waals surface area contributed by atoms with E-state index in [1.54, 1.807) is 0 Å². The molecule has 2 aliphatic carbocycles. The highest BCUT2D eigenvalue weighted by atomic mass is 32.2. The Balaban J connectivity index is 2.05. The Labute approximate surface area is 141 Å². The third-order valence-corrected chi connectivity index (χ3v) is 7.08. The van der Waals surface area contributed by atoms with Crippen LogP contribution in [0.3, 0.4) is 0 Å². The molecule has 10 heteroatoms. The Morgan fingerprint density at radius 1 is 0.958 bits per heavy atom. The Bertz CT molecular complexity index is 550. The van der Waals surface area contributed by atoms with E-state index in [1.165, 1.54) is 0 Å². The number of rotatable bonds is 6. The van der Waals surface area contributed by atoms with E-state index in [2.05, 4.69) is 6.92 Å². The molecule has 2 unspecified atom stereocenters. The number of nitrogens with zero attached hydrogens (tertiary/aromatic N) is 2. The van der Waals surface area contributed by atoms with Crippen LogP contribution in [0.1, 0.15) is 51.9 Å². The molecule has 0 saturated heterocycles. The molecule has 24 heavy (non-hydrogen) atoms. The zero-order chi connectivity index (χ0) is 17.9. The molecule has 0 aromatic carbocycles. The van der Waals surface area contributed by atoms with Crippen LogP contribution in [0.5, 0.6) is 0 Å². The zero-order valence-corrected chi connectivity index (χ0v) is 14.5. The minimum atomic E-state index is -3.85. The lowest BCUT2D eigenvalue weighted by atomic mass is 9.81. The molecule has 138 valence electrons. The molecule has 0 aromatic heterocycles. The van der Waals surface area contributed by atoms with Crippen molar-refractivity contribution in [1.82, 2.24) is 0 Å². The van der Waals surface area contributed by atoms with Crippen LogP contribution in [0.2, 0.25) is 0 Å². The van der Waals surface area contributed by atoms with Crippen LogP contribution < -0.4 is 0 Å². The molecule has 0 aromatic rings. The van der Waals surface area contributed by atoms with E-state index < -0.39 is 49.8 Å². The van der Waals surface area contributed by atoms with Crippen molar-refractivity contribution in [3.63, 3.8) is 0 Å². The maximum atomic E-state index is 12.3. The molecule has 9 nitrogen and oxygen atoms in total. The first-order valence-electron chi connectivity index (χ1n) is 8.37. The van der Waals surface area contributed by atoms with E-state index in [-0.39, 0.29) is 12.8 Å². The second kappa shape index (κ2) is 7.73. The molecule has 2 fully saturated rings. The summed E-state index contributed by atoms with van der Waals surface area (Å²) in [6.07, 6.45) is 3.42. The summed E-state index contributed by atoms with van der Waals surface area (Å²) in [6, 6.07) is -2.26. The molecule has 2 saturated carbocycles. The van der Waals surface area contributed by atoms with Crippen molar-refractivity contribution in [3.8, 4) is 0 Å². The second-order valence-corrected chi connectivity index (χ2v) is 8.85. The molecule has 0 spiro atoms. The van der Waals surface area contributed by atoms with Gasteiger partial charge in [-0.15, -0.1) is 0 Å². The van der Waals surface area contributed by atoms with Crippen LogP contribution >= 0.6 is 0 Å². The maximum Gasteiger partial charge on any atom is 0.270 e. The average molecular weight is 364 g/mol. The summed E-state index contributed by atoms with van der Waals surface area (Å²) in [6.45, 7) is 1.58. The van der Waals surface area contributed by atoms with Gasteiger partial charge in [0.2, 0.25) is 12.1 Å². The fraction of sp³-hybridized carbons (Fsp3) is 1.00. The van der Waals surface area contributed by atoms with Gasteiger partial charge in [-0.1, -0.05) is 6.92 Å². The molecular weight excluding hydrogens is 340 g/mol.